The van der Waals surface area contributed by atoms with E-state index >= 15 is 0 Å². The molecule has 0 spiro atoms. The summed E-state index contributed by atoms with van der Waals surface area (Å²) >= 11 is 0. The van der Waals surface area contributed by atoms with Gasteiger partial charge in [-0.15, -0.1) is 0 Å². The Morgan fingerprint density at radius 3 is 1.21 bits per heavy atom. The molecule has 2 heteroatoms. The predicted molar refractivity (Wildman–Crippen MR) is 105 cm³/mol. The molecule has 0 amide bonds. The zero-order valence-electron chi connectivity index (χ0n) is 13.4. The van der Waals surface area contributed by atoms with Crippen LogP contribution < -0.4 is 10.6 Å². The molecule has 0 bridgehead atoms. The van der Waals surface area contributed by atoms with Gasteiger partial charge in [0.2, 0.25) is 0 Å². The van der Waals surface area contributed by atoms with Crippen molar-refractivity contribution in [1.82, 2.24) is 0 Å². The molecule has 118 valence electrons. The van der Waals surface area contributed by atoms with Crippen LogP contribution >= 0.6 is 0 Å². The third-order valence-corrected chi connectivity index (χ3v) is 3.54. The molecule has 0 atom stereocenters. The van der Waals surface area contributed by atoms with Gasteiger partial charge in [-0.05, 0) is 47.5 Å². The summed E-state index contributed by atoms with van der Waals surface area (Å²) in [5.41, 5.74) is 4.46. The van der Waals surface area contributed by atoms with Crippen LogP contribution in [-0.2, 0) is 0 Å². The molecular weight excluding hydrogens is 292 g/mol. The second-order valence-electron chi connectivity index (χ2n) is 5.35. The second kappa shape index (κ2) is 8.39. The molecule has 3 aromatic rings. The Labute approximate surface area is 143 Å². The molecule has 0 unspecified atom stereocenters. The monoisotopic (exact) mass is 312 g/mol. The van der Waals surface area contributed by atoms with Crippen molar-refractivity contribution in [1.29, 1.82) is 0 Å². The van der Waals surface area contributed by atoms with Crippen molar-refractivity contribution in [3.63, 3.8) is 0 Å². The molecule has 0 aliphatic carbocycles. The minimum atomic E-state index is 1.06. The SMILES string of the molecule is C(=Cc1ccccc1)Nc1ccc(NC=Cc2ccccc2)cc1. The highest BCUT2D eigenvalue weighted by atomic mass is 14.9. The van der Waals surface area contributed by atoms with Crippen LogP contribution in [0.4, 0.5) is 11.4 Å². The predicted octanol–water partition coefficient (Wildman–Crippen LogP) is 5.85. The number of benzene rings is 3. The van der Waals surface area contributed by atoms with E-state index in [0.717, 1.165) is 11.4 Å². The Kier molecular flexibility index (Phi) is 5.47. The fourth-order valence-corrected chi connectivity index (χ4v) is 2.26. The van der Waals surface area contributed by atoms with Gasteiger partial charge in [0.15, 0.2) is 0 Å². The lowest BCUT2D eigenvalue weighted by Crippen LogP contribution is -1.90. The van der Waals surface area contributed by atoms with Gasteiger partial charge in [-0.25, -0.2) is 0 Å². The first-order valence-corrected chi connectivity index (χ1v) is 7.96. The van der Waals surface area contributed by atoms with E-state index in [0.29, 0.717) is 0 Å². The number of rotatable bonds is 6. The Balaban J connectivity index is 1.52. The van der Waals surface area contributed by atoms with E-state index in [2.05, 4.69) is 47.1 Å². The number of anilines is 2. The van der Waals surface area contributed by atoms with E-state index in [1.165, 1.54) is 11.1 Å². The first kappa shape index (κ1) is 15.6. The van der Waals surface area contributed by atoms with Crippen LogP contribution in [0.25, 0.3) is 12.2 Å². The molecule has 0 radical (unpaired) electrons. The Hall–Kier alpha value is -3.26. The summed E-state index contributed by atoms with van der Waals surface area (Å²) in [5.74, 6) is 0. The topological polar surface area (TPSA) is 24.1 Å². The third kappa shape index (κ3) is 4.89. The highest BCUT2D eigenvalue weighted by molar-refractivity contribution is 5.60. The Morgan fingerprint density at radius 1 is 0.458 bits per heavy atom. The molecular formula is C22H20N2. The number of hydrogen-bond donors (Lipinski definition) is 2. The van der Waals surface area contributed by atoms with Gasteiger partial charge in [0, 0.05) is 23.8 Å². The lowest BCUT2D eigenvalue weighted by Gasteiger charge is -2.04. The molecule has 3 rings (SSSR count). The Morgan fingerprint density at radius 2 is 0.833 bits per heavy atom. The molecule has 3 aromatic carbocycles. The summed E-state index contributed by atoms with van der Waals surface area (Å²) in [5, 5.41) is 6.55. The Bertz CT molecular complexity index is 718. The lowest BCUT2D eigenvalue weighted by molar-refractivity contribution is 1.54. The maximum atomic E-state index is 3.28. The standard InChI is InChI=1S/C22H20N2/c1-3-7-19(8-4-1)15-17-23-21-11-13-22(14-12-21)24-18-16-20-9-5-2-6-10-20/h1-18,23-24H. The van der Waals surface area contributed by atoms with Gasteiger partial charge >= 0.3 is 0 Å². The van der Waals surface area contributed by atoms with E-state index in [-0.39, 0.29) is 0 Å². The number of nitrogens with one attached hydrogen (secondary N) is 2. The molecule has 0 aromatic heterocycles. The highest BCUT2D eigenvalue weighted by Gasteiger charge is 1.91. The van der Waals surface area contributed by atoms with Crippen molar-refractivity contribution in [2.24, 2.45) is 0 Å². The van der Waals surface area contributed by atoms with E-state index in [4.69, 9.17) is 0 Å². The first-order chi connectivity index (χ1) is 11.9. The average molecular weight is 312 g/mol. The van der Waals surface area contributed by atoms with Crippen molar-refractivity contribution in [3.05, 3.63) is 108 Å². The van der Waals surface area contributed by atoms with Gasteiger partial charge in [-0.3, -0.25) is 0 Å². The van der Waals surface area contributed by atoms with Gasteiger partial charge in [0.1, 0.15) is 0 Å². The normalized spacial score (nSPS) is 11.0. The largest absolute Gasteiger partial charge is 0.362 e. The third-order valence-electron chi connectivity index (χ3n) is 3.54. The molecule has 0 saturated heterocycles. The zero-order valence-corrected chi connectivity index (χ0v) is 13.4. The van der Waals surface area contributed by atoms with Crippen LogP contribution in [0.1, 0.15) is 11.1 Å². The molecule has 0 fully saturated rings. The van der Waals surface area contributed by atoms with E-state index in [1.54, 1.807) is 0 Å². The molecule has 24 heavy (non-hydrogen) atoms. The maximum absolute atomic E-state index is 3.28. The quantitative estimate of drug-likeness (QED) is 0.596. The minimum absolute atomic E-state index is 1.06. The smallest absolute Gasteiger partial charge is 0.0381 e. The zero-order chi connectivity index (χ0) is 16.5. The maximum Gasteiger partial charge on any atom is 0.0381 e. The van der Waals surface area contributed by atoms with Crippen LogP contribution in [0.2, 0.25) is 0 Å². The minimum Gasteiger partial charge on any atom is -0.362 e. The lowest BCUT2D eigenvalue weighted by atomic mass is 10.2. The molecule has 0 heterocycles. The summed E-state index contributed by atoms with van der Waals surface area (Å²) in [6, 6.07) is 28.6. The van der Waals surface area contributed by atoms with Gasteiger partial charge in [-0.2, -0.15) is 0 Å². The van der Waals surface area contributed by atoms with Crippen LogP contribution in [0, 0.1) is 0 Å². The average Bonchev–Trinajstić information content (AvgIpc) is 2.65. The summed E-state index contributed by atoms with van der Waals surface area (Å²) in [7, 11) is 0. The summed E-state index contributed by atoms with van der Waals surface area (Å²) < 4.78 is 0. The van der Waals surface area contributed by atoms with E-state index in [1.807, 2.05) is 73.1 Å². The summed E-state index contributed by atoms with van der Waals surface area (Å²) in [4.78, 5) is 0. The summed E-state index contributed by atoms with van der Waals surface area (Å²) in [6.07, 6.45) is 8.00. The van der Waals surface area contributed by atoms with Crippen LogP contribution in [0.5, 0.6) is 0 Å². The van der Waals surface area contributed by atoms with E-state index in [9.17, 15) is 0 Å². The van der Waals surface area contributed by atoms with Gasteiger partial charge < -0.3 is 10.6 Å². The van der Waals surface area contributed by atoms with Gasteiger partial charge in [-0.1, -0.05) is 60.7 Å². The molecule has 2 nitrogen and oxygen atoms in total. The summed E-state index contributed by atoms with van der Waals surface area (Å²) in [6.45, 7) is 0. The highest BCUT2D eigenvalue weighted by Crippen LogP contribution is 2.14. The van der Waals surface area contributed by atoms with Crippen LogP contribution in [-0.4, -0.2) is 0 Å². The second-order valence-corrected chi connectivity index (χ2v) is 5.35. The van der Waals surface area contributed by atoms with E-state index < -0.39 is 0 Å². The van der Waals surface area contributed by atoms with Crippen LogP contribution in [0.15, 0.2) is 97.3 Å². The number of hydrogen-bond acceptors (Lipinski definition) is 2. The van der Waals surface area contributed by atoms with Crippen molar-refractivity contribution in [2.75, 3.05) is 10.6 Å². The molecule has 0 aliphatic rings. The van der Waals surface area contributed by atoms with Crippen molar-refractivity contribution in [2.45, 2.75) is 0 Å². The van der Waals surface area contributed by atoms with Crippen LogP contribution in [0.3, 0.4) is 0 Å². The van der Waals surface area contributed by atoms with Crippen molar-refractivity contribution < 1.29 is 0 Å². The fraction of sp³-hybridized carbons (Fsp3) is 0. The van der Waals surface area contributed by atoms with Gasteiger partial charge in [0.25, 0.3) is 0 Å². The first-order valence-electron chi connectivity index (χ1n) is 7.96. The fourth-order valence-electron chi connectivity index (χ4n) is 2.26. The van der Waals surface area contributed by atoms with Gasteiger partial charge in [0.05, 0.1) is 0 Å². The van der Waals surface area contributed by atoms with Crippen molar-refractivity contribution in [3.8, 4) is 0 Å². The molecule has 0 saturated carbocycles. The van der Waals surface area contributed by atoms with Crippen molar-refractivity contribution >= 4 is 23.5 Å². The molecule has 2 N–H and O–H groups in total. The molecule has 0 aliphatic heterocycles.